The fourth-order valence-electron chi connectivity index (χ4n) is 2.32. The number of aryl methyl sites for hydroxylation is 2. The number of methoxy groups -OCH3 is 2. The number of nitrogens with zero attached hydrogens (tertiary/aromatic N) is 1. The number of para-hydroxylation sites is 1. The molecule has 0 fully saturated rings. The number of ether oxygens (including phenoxy) is 3. The van der Waals surface area contributed by atoms with E-state index in [-0.39, 0.29) is 12.5 Å². The monoisotopic (exact) mass is 342 g/mol. The van der Waals surface area contributed by atoms with Crippen LogP contribution in [0.5, 0.6) is 17.2 Å². The van der Waals surface area contributed by atoms with Crippen molar-refractivity contribution in [2.45, 2.75) is 13.8 Å². The van der Waals surface area contributed by atoms with Crippen molar-refractivity contribution < 1.29 is 19.0 Å². The van der Waals surface area contributed by atoms with Crippen LogP contribution in [0.25, 0.3) is 0 Å². The van der Waals surface area contributed by atoms with Crippen LogP contribution in [0, 0.1) is 13.8 Å². The van der Waals surface area contributed by atoms with Crippen molar-refractivity contribution in [2.75, 3.05) is 20.8 Å². The van der Waals surface area contributed by atoms with Gasteiger partial charge in [0.25, 0.3) is 5.91 Å². The number of carbonyl (C=O) groups excluding carboxylic acids is 1. The first-order valence-electron chi connectivity index (χ1n) is 7.78. The molecule has 2 aromatic carbocycles. The molecule has 25 heavy (non-hydrogen) atoms. The van der Waals surface area contributed by atoms with E-state index in [1.54, 1.807) is 20.3 Å². The van der Waals surface area contributed by atoms with Crippen molar-refractivity contribution in [2.24, 2.45) is 5.10 Å². The number of amides is 1. The van der Waals surface area contributed by atoms with Gasteiger partial charge in [0, 0.05) is 5.56 Å². The third kappa shape index (κ3) is 4.97. The van der Waals surface area contributed by atoms with Gasteiger partial charge in [0.1, 0.15) is 5.75 Å². The smallest absolute Gasteiger partial charge is 0.277 e. The third-order valence-corrected chi connectivity index (χ3v) is 3.52. The Hall–Kier alpha value is -3.02. The summed E-state index contributed by atoms with van der Waals surface area (Å²) in [7, 11) is 3.11. The average molecular weight is 342 g/mol. The van der Waals surface area contributed by atoms with Gasteiger partial charge in [-0.2, -0.15) is 5.10 Å². The summed E-state index contributed by atoms with van der Waals surface area (Å²) in [6.07, 6.45) is 1.50. The maximum absolute atomic E-state index is 11.9. The second-order valence-electron chi connectivity index (χ2n) is 5.43. The van der Waals surface area contributed by atoms with Crippen LogP contribution in [0.4, 0.5) is 0 Å². The lowest BCUT2D eigenvalue weighted by Gasteiger charge is -2.10. The molecule has 0 saturated carbocycles. The molecule has 132 valence electrons. The molecule has 0 unspecified atom stereocenters. The zero-order valence-electron chi connectivity index (χ0n) is 14.8. The number of hydrogen-bond donors (Lipinski definition) is 1. The second-order valence-corrected chi connectivity index (χ2v) is 5.43. The molecule has 1 N–H and O–H groups in total. The summed E-state index contributed by atoms with van der Waals surface area (Å²) < 4.78 is 16.0. The summed E-state index contributed by atoms with van der Waals surface area (Å²) in [6, 6.07) is 11.2. The molecular weight excluding hydrogens is 320 g/mol. The molecule has 0 aromatic heterocycles. The molecule has 1 amide bonds. The number of rotatable bonds is 7. The molecule has 0 saturated heterocycles. The zero-order chi connectivity index (χ0) is 18.2. The van der Waals surface area contributed by atoms with Crippen LogP contribution in [0.2, 0.25) is 0 Å². The van der Waals surface area contributed by atoms with Crippen molar-refractivity contribution in [1.82, 2.24) is 5.43 Å². The van der Waals surface area contributed by atoms with Crippen LogP contribution in [-0.2, 0) is 4.79 Å². The van der Waals surface area contributed by atoms with Crippen LogP contribution >= 0.6 is 0 Å². The first-order chi connectivity index (χ1) is 12.0. The van der Waals surface area contributed by atoms with Crippen molar-refractivity contribution >= 4 is 12.1 Å². The van der Waals surface area contributed by atoms with Gasteiger partial charge >= 0.3 is 0 Å². The summed E-state index contributed by atoms with van der Waals surface area (Å²) in [5.41, 5.74) is 5.25. The Morgan fingerprint density at radius 3 is 2.60 bits per heavy atom. The molecule has 0 spiro atoms. The number of nitrogens with one attached hydrogen (secondary N) is 1. The number of hydrazone groups is 1. The lowest BCUT2D eigenvalue weighted by molar-refractivity contribution is -0.123. The number of benzene rings is 2. The molecule has 0 aliphatic heterocycles. The third-order valence-electron chi connectivity index (χ3n) is 3.52. The Morgan fingerprint density at radius 1 is 1.12 bits per heavy atom. The quantitative estimate of drug-likeness (QED) is 0.620. The SMILES string of the molecule is COc1cccc(/C=N/NC(=O)COc2ccc(C)cc2C)c1OC. The molecule has 2 aromatic rings. The lowest BCUT2D eigenvalue weighted by Crippen LogP contribution is -2.24. The minimum Gasteiger partial charge on any atom is -0.493 e. The number of hydrogen-bond acceptors (Lipinski definition) is 5. The molecule has 0 aliphatic rings. The Morgan fingerprint density at radius 2 is 1.92 bits per heavy atom. The molecule has 6 heteroatoms. The maximum atomic E-state index is 11.9. The summed E-state index contributed by atoms with van der Waals surface area (Å²) >= 11 is 0. The molecule has 0 bridgehead atoms. The van der Waals surface area contributed by atoms with E-state index in [4.69, 9.17) is 14.2 Å². The standard InChI is InChI=1S/C19H22N2O4/c1-13-8-9-16(14(2)10-13)25-12-18(22)21-20-11-15-6-5-7-17(23-3)19(15)24-4/h5-11H,12H2,1-4H3,(H,21,22)/b20-11+. The van der Waals surface area contributed by atoms with Gasteiger partial charge in [-0.05, 0) is 37.6 Å². The van der Waals surface area contributed by atoms with Gasteiger partial charge in [0.05, 0.1) is 20.4 Å². The molecule has 2 rings (SSSR count). The molecule has 0 heterocycles. The summed E-state index contributed by atoms with van der Waals surface area (Å²) in [6.45, 7) is 3.83. The average Bonchev–Trinajstić information content (AvgIpc) is 2.60. The van der Waals surface area contributed by atoms with Crippen molar-refractivity contribution in [3.8, 4) is 17.2 Å². The normalized spacial score (nSPS) is 10.6. The van der Waals surface area contributed by atoms with Crippen LogP contribution in [0.3, 0.4) is 0 Å². The van der Waals surface area contributed by atoms with Gasteiger partial charge in [-0.1, -0.05) is 23.8 Å². The Balaban J connectivity index is 1.92. The predicted octanol–water partition coefficient (Wildman–Crippen LogP) is 2.85. The lowest BCUT2D eigenvalue weighted by atomic mass is 10.1. The van der Waals surface area contributed by atoms with Gasteiger partial charge in [0.15, 0.2) is 18.1 Å². The van der Waals surface area contributed by atoms with Crippen LogP contribution in [0.1, 0.15) is 16.7 Å². The van der Waals surface area contributed by atoms with Gasteiger partial charge in [-0.3, -0.25) is 4.79 Å². The van der Waals surface area contributed by atoms with Crippen molar-refractivity contribution in [1.29, 1.82) is 0 Å². The van der Waals surface area contributed by atoms with Gasteiger partial charge < -0.3 is 14.2 Å². The van der Waals surface area contributed by atoms with Crippen molar-refractivity contribution in [3.63, 3.8) is 0 Å². The first kappa shape index (κ1) is 18.3. The van der Waals surface area contributed by atoms with E-state index in [1.807, 2.05) is 44.2 Å². The Kier molecular flexibility index (Phi) is 6.39. The Labute approximate surface area is 147 Å². The Bertz CT molecular complexity index is 772. The first-order valence-corrected chi connectivity index (χ1v) is 7.78. The molecular formula is C19H22N2O4. The maximum Gasteiger partial charge on any atom is 0.277 e. The predicted molar refractivity (Wildman–Crippen MR) is 96.7 cm³/mol. The summed E-state index contributed by atoms with van der Waals surface area (Å²) in [5, 5.41) is 3.93. The number of carbonyl (C=O) groups is 1. The minimum absolute atomic E-state index is 0.115. The van der Waals surface area contributed by atoms with Gasteiger partial charge in [-0.15, -0.1) is 0 Å². The molecule has 0 aliphatic carbocycles. The fourth-order valence-corrected chi connectivity index (χ4v) is 2.32. The van der Waals surface area contributed by atoms with Crippen LogP contribution in [-0.4, -0.2) is 32.9 Å². The van der Waals surface area contributed by atoms with E-state index in [0.29, 0.717) is 22.8 Å². The fraction of sp³-hybridized carbons (Fsp3) is 0.263. The minimum atomic E-state index is -0.349. The highest BCUT2D eigenvalue weighted by molar-refractivity contribution is 5.86. The van der Waals surface area contributed by atoms with E-state index < -0.39 is 0 Å². The van der Waals surface area contributed by atoms with Crippen LogP contribution in [0.15, 0.2) is 41.5 Å². The van der Waals surface area contributed by atoms with Gasteiger partial charge in [-0.25, -0.2) is 5.43 Å². The summed E-state index contributed by atoms with van der Waals surface area (Å²) in [5.74, 6) is 1.47. The van der Waals surface area contributed by atoms with E-state index in [1.165, 1.54) is 6.21 Å². The largest absolute Gasteiger partial charge is 0.493 e. The zero-order valence-corrected chi connectivity index (χ0v) is 14.8. The van der Waals surface area contributed by atoms with E-state index in [0.717, 1.165) is 11.1 Å². The van der Waals surface area contributed by atoms with Gasteiger partial charge in [0.2, 0.25) is 0 Å². The molecule has 0 radical (unpaired) electrons. The molecule has 6 nitrogen and oxygen atoms in total. The highest BCUT2D eigenvalue weighted by Crippen LogP contribution is 2.29. The topological polar surface area (TPSA) is 69.2 Å². The van der Waals surface area contributed by atoms with E-state index in [2.05, 4.69) is 10.5 Å². The van der Waals surface area contributed by atoms with Crippen LogP contribution < -0.4 is 19.6 Å². The highest BCUT2D eigenvalue weighted by atomic mass is 16.5. The van der Waals surface area contributed by atoms with Crippen molar-refractivity contribution in [3.05, 3.63) is 53.1 Å². The van der Waals surface area contributed by atoms with E-state index in [9.17, 15) is 4.79 Å². The summed E-state index contributed by atoms with van der Waals surface area (Å²) in [4.78, 5) is 11.9. The van der Waals surface area contributed by atoms with E-state index >= 15 is 0 Å². The molecule has 0 atom stereocenters. The second kappa shape index (κ2) is 8.73. The highest BCUT2D eigenvalue weighted by Gasteiger charge is 2.08.